The molecule has 1 aromatic heterocycles. The van der Waals surface area contributed by atoms with Crippen LogP contribution in [-0.2, 0) is 0 Å². The third kappa shape index (κ3) is 1.97. The Balaban J connectivity index is 2.76. The van der Waals surface area contributed by atoms with E-state index in [0.29, 0.717) is 5.56 Å². The van der Waals surface area contributed by atoms with Crippen molar-refractivity contribution in [2.24, 2.45) is 0 Å². The van der Waals surface area contributed by atoms with E-state index < -0.39 is 10.5 Å². The molecule has 0 bridgehead atoms. The second-order valence-electron chi connectivity index (χ2n) is 3.51. The van der Waals surface area contributed by atoms with Gasteiger partial charge in [0.2, 0.25) is 0 Å². The minimum Gasteiger partial charge on any atom is -0.315 e. The quantitative estimate of drug-likeness (QED) is 0.640. The molecule has 2 rings (SSSR count). The summed E-state index contributed by atoms with van der Waals surface area (Å²) in [5, 5.41) is 19.6. The molecule has 0 aliphatic heterocycles. The number of benzene rings is 1. The van der Waals surface area contributed by atoms with Crippen LogP contribution >= 0.6 is 0 Å². The van der Waals surface area contributed by atoms with Crippen LogP contribution in [0.4, 0.5) is 5.69 Å². The predicted octanol–water partition coefficient (Wildman–Crippen LogP) is 1.82. The van der Waals surface area contributed by atoms with E-state index in [4.69, 9.17) is 5.26 Å². The van der Waals surface area contributed by atoms with Crippen molar-refractivity contribution in [3.63, 3.8) is 0 Å². The summed E-state index contributed by atoms with van der Waals surface area (Å²) in [6.07, 6.45) is 0. The normalized spacial score (nSPS) is 9.72. The molecule has 6 heteroatoms. The molecule has 18 heavy (non-hydrogen) atoms. The van der Waals surface area contributed by atoms with Gasteiger partial charge in [-0.15, -0.1) is 0 Å². The zero-order valence-corrected chi connectivity index (χ0v) is 9.08. The molecular weight excluding hydrogens is 234 g/mol. The van der Waals surface area contributed by atoms with Crippen molar-refractivity contribution in [1.29, 1.82) is 5.26 Å². The third-order valence-electron chi connectivity index (χ3n) is 2.40. The highest BCUT2D eigenvalue weighted by atomic mass is 16.6. The minimum absolute atomic E-state index is 0.101. The molecule has 0 saturated carbocycles. The molecule has 88 valence electrons. The van der Waals surface area contributed by atoms with Crippen molar-refractivity contribution in [3.05, 3.63) is 62.4 Å². The summed E-state index contributed by atoms with van der Waals surface area (Å²) in [4.78, 5) is 24.2. The number of aromatic amines is 1. The number of hydrogen-bond donors (Lipinski definition) is 1. The van der Waals surface area contributed by atoms with Gasteiger partial charge in [-0.1, -0.05) is 30.3 Å². The molecule has 0 radical (unpaired) electrons. The third-order valence-corrected chi connectivity index (χ3v) is 2.40. The molecule has 6 nitrogen and oxygen atoms in total. The Kier molecular flexibility index (Phi) is 2.89. The molecular formula is C12H7N3O3. The largest absolute Gasteiger partial charge is 0.315 e. The fourth-order valence-electron chi connectivity index (χ4n) is 1.57. The summed E-state index contributed by atoms with van der Waals surface area (Å²) < 4.78 is 0. The molecule has 0 atom stereocenters. The van der Waals surface area contributed by atoms with Crippen molar-refractivity contribution < 1.29 is 4.92 Å². The van der Waals surface area contributed by atoms with E-state index in [1.54, 1.807) is 36.4 Å². The molecule has 1 N–H and O–H groups in total. The number of nitrogens with one attached hydrogen (secondary N) is 1. The van der Waals surface area contributed by atoms with Gasteiger partial charge in [-0.2, -0.15) is 5.26 Å². The average Bonchev–Trinajstić information content (AvgIpc) is 2.39. The highest BCUT2D eigenvalue weighted by Gasteiger charge is 2.18. The monoisotopic (exact) mass is 241 g/mol. The van der Waals surface area contributed by atoms with Crippen LogP contribution in [0, 0.1) is 21.4 Å². The smallest absolute Gasteiger partial charge is 0.294 e. The van der Waals surface area contributed by atoms with Crippen LogP contribution in [0.1, 0.15) is 5.56 Å². The van der Waals surface area contributed by atoms with Gasteiger partial charge in [0.25, 0.3) is 11.2 Å². The summed E-state index contributed by atoms with van der Waals surface area (Å²) in [5.41, 5.74) is -0.587. The number of pyridine rings is 1. The second-order valence-corrected chi connectivity index (χ2v) is 3.51. The first-order chi connectivity index (χ1) is 8.63. The van der Waals surface area contributed by atoms with Crippen molar-refractivity contribution in [3.8, 4) is 17.3 Å². The zero-order valence-electron chi connectivity index (χ0n) is 9.08. The molecule has 0 fully saturated rings. The van der Waals surface area contributed by atoms with E-state index in [1.165, 1.54) is 0 Å². The molecule has 0 amide bonds. The number of hydrogen-bond acceptors (Lipinski definition) is 4. The summed E-state index contributed by atoms with van der Waals surface area (Å²) in [7, 11) is 0. The predicted molar refractivity (Wildman–Crippen MR) is 63.9 cm³/mol. The Bertz CT molecular complexity index is 699. The first-order valence-corrected chi connectivity index (χ1v) is 5.00. The maximum Gasteiger partial charge on any atom is 0.294 e. The SMILES string of the molecule is N#Cc1cc([N+](=O)[O-])c(-c2ccccc2)[nH]c1=O. The number of aromatic nitrogens is 1. The number of rotatable bonds is 2. The van der Waals surface area contributed by atoms with E-state index in [9.17, 15) is 14.9 Å². The molecule has 2 aromatic rings. The standard InChI is InChI=1S/C12H7N3O3/c13-7-9-6-10(15(17)18)11(14-12(9)16)8-4-2-1-3-5-8/h1-6H,(H,14,16). The van der Waals surface area contributed by atoms with Crippen LogP contribution in [0.15, 0.2) is 41.2 Å². The first kappa shape index (κ1) is 11.5. The Hall–Kier alpha value is -2.94. The van der Waals surface area contributed by atoms with Gasteiger partial charge in [0.05, 0.1) is 4.92 Å². The molecule has 0 spiro atoms. The van der Waals surface area contributed by atoms with Crippen molar-refractivity contribution in [1.82, 2.24) is 4.98 Å². The van der Waals surface area contributed by atoms with Gasteiger partial charge in [-0.25, -0.2) is 0 Å². The lowest BCUT2D eigenvalue weighted by Crippen LogP contribution is -2.12. The lowest BCUT2D eigenvalue weighted by molar-refractivity contribution is -0.384. The van der Waals surface area contributed by atoms with Crippen LogP contribution in [0.2, 0.25) is 0 Å². The Morgan fingerprint density at radius 2 is 1.94 bits per heavy atom. The van der Waals surface area contributed by atoms with Crippen LogP contribution in [-0.4, -0.2) is 9.91 Å². The van der Waals surface area contributed by atoms with Crippen LogP contribution in [0.3, 0.4) is 0 Å². The number of H-pyrrole nitrogens is 1. The fourth-order valence-corrected chi connectivity index (χ4v) is 1.57. The van der Waals surface area contributed by atoms with Crippen LogP contribution in [0.5, 0.6) is 0 Å². The van der Waals surface area contributed by atoms with Gasteiger partial charge in [0.1, 0.15) is 17.3 Å². The Labute approximate surface area is 101 Å². The number of nitriles is 1. The van der Waals surface area contributed by atoms with E-state index in [1.807, 2.05) is 0 Å². The summed E-state index contributed by atoms with van der Waals surface area (Å²) in [5.74, 6) is 0. The summed E-state index contributed by atoms with van der Waals surface area (Å²) in [6.45, 7) is 0. The molecule has 0 aliphatic rings. The first-order valence-electron chi connectivity index (χ1n) is 5.00. The minimum atomic E-state index is -0.637. The lowest BCUT2D eigenvalue weighted by Gasteiger charge is -2.02. The van der Waals surface area contributed by atoms with E-state index in [0.717, 1.165) is 6.07 Å². The highest BCUT2D eigenvalue weighted by Crippen LogP contribution is 2.26. The molecule has 0 unspecified atom stereocenters. The molecule has 0 saturated heterocycles. The molecule has 0 aliphatic carbocycles. The summed E-state index contributed by atoms with van der Waals surface area (Å²) >= 11 is 0. The maximum absolute atomic E-state index is 11.5. The second kappa shape index (κ2) is 4.51. The molecule has 1 aromatic carbocycles. The van der Waals surface area contributed by atoms with Crippen molar-refractivity contribution in [2.75, 3.05) is 0 Å². The van der Waals surface area contributed by atoms with Crippen molar-refractivity contribution in [2.45, 2.75) is 0 Å². The fraction of sp³-hybridized carbons (Fsp3) is 0. The average molecular weight is 241 g/mol. The van der Waals surface area contributed by atoms with Gasteiger partial charge < -0.3 is 4.98 Å². The van der Waals surface area contributed by atoms with E-state index >= 15 is 0 Å². The molecule has 1 heterocycles. The lowest BCUT2D eigenvalue weighted by atomic mass is 10.1. The highest BCUT2D eigenvalue weighted by molar-refractivity contribution is 5.70. The topological polar surface area (TPSA) is 99.8 Å². The number of nitrogens with zero attached hydrogens (tertiary/aromatic N) is 2. The summed E-state index contributed by atoms with van der Waals surface area (Å²) in [6, 6.07) is 11.1. The van der Waals surface area contributed by atoms with Gasteiger partial charge in [0, 0.05) is 11.6 Å². The van der Waals surface area contributed by atoms with E-state index in [2.05, 4.69) is 4.98 Å². The van der Waals surface area contributed by atoms with Gasteiger partial charge >= 0.3 is 0 Å². The number of nitro groups is 1. The maximum atomic E-state index is 11.5. The Morgan fingerprint density at radius 3 is 2.50 bits per heavy atom. The van der Waals surface area contributed by atoms with Gasteiger partial charge in [-0.05, 0) is 0 Å². The van der Waals surface area contributed by atoms with Gasteiger partial charge in [0.15, 0.2) is 0 Å². The van der Waals surface area contributed by atoms with Crippen molar-refractivity contribution >= 4 is 5.69 Å². The van der Waals surface area contributed by atoms with Crippen LogP contribution in [0.25, 0.3) is 11.3 Å². The van der Waals surface area contributed by atoms with Gasteiger partial charge in [-0.3, -0.25) is 14.9 Å². The van der Waals surface area contributed by atoms with Crippen LogP contribution < -0.4 is 5.56 Å². The Morgan fingerprint density at radius 1 is 1.28 bits per heavy atom. The zero-order chi connectivity index (χ0) is 13.1. The van der Waals surface area contributed by atoms with E-state index in [-0.39, 0.29) is 16.9 Å².